The van der Waals surface area contributed by atoms with Crippen LogP contribution >= 0.6 is 0 Å². The van der Waals surface area contributed by atoms with Gasteiger partial charge >= 0.3 is 5.69 Å². The smallest absolute Gasteiger partial charge is 0.333 e. The van der Waals surface area contributed by atoms with E-state index < -0.39 is 5.82 Å². The number of nitrogens with zero attached hydrogens (tertiary/aromatic N) is 3. The van der Waals surface area contributed by atoms with Crippen LogP contribution in [0.2, 0.25) is 0 Å². The van der Waals surface area contributed by atoms with Crippen LogP contribution in [0.1, 0.15) is 5.56 Å². The summed E-state index contributed by atoms with van der Waals surface area (Å²) in [4.78, 5) is 12.7. The zero-order valence-electron chi connectivity index (χ0n) is 14.6. The first-order valence-corrected chi connectivity index (χ1v) is 8.36. The van der Waals surface area contributed by atoms with Crippen molar-refractivity contribution in [1.82, 2.24) is 19.3 Å². The van der Waals surface area contributed by atoms with Gasteiger partial charge in [0, 0.05) is 29.7 Å². The number of methoxy groups -OCH3 is 1. The molecule has 0 radical (unpaired) electrons. The van der Waals surface area contributed by atoms with Gasteiger partial charge in [-0.15, -0.1) is 0 Å². The van der Waals surface area contributed by atoms with E-state index in [4.69, 9.17) is 4.74 Å². The van der Waals surface area contributed by atoms with Crippen LogP contribution in [0.3, 0.4) is 0 Å². The molecule has 0 saturated carbocycles. The number of ether oxygens (including phenoxy) is 1. The molecule has 0 aliphatic heterocycles. The van der Waals surface area contributed by atoms with E-state index in [1.807, 2.05) is 30.5 Å². The largest absolute Gasteiger partial charge is 0.493 e. The van der Waals surface area contributed by atoms with Crippen LogP contribution in [-0.2, 0) is 6.54 Å². The standard InChI is InChI=1S/C20H17FN4O2/c1-27-19-15(3-2-4-18(19)21)13-24-9-10-25(20(24)26)17-7-5-14(6-8-17)16-11-22-23-12-16/h2-12H,13H2,1H3,(H,22,23). The minimum Gasteiger partial charge on any atom is -0.493 e. The molecule has 0 unspecified atom stereocenters. The van der Waals surface area contributed by atoms with E-state index in [2.05, 4.69) is 10.2 Å². The van der Waals surface area contributed by atoms with Crippen LogP contribution in [0.15, 0.2) is 72.0 Å². The van der Waals surface area contributed by atoms with Gasteiger partial charge in [-0.1, -0.05) is 24.3 Å². The number of H-pyrrole nitrogens is 1. The first kappa shape index (κ1) is 16.8. The van der Waals surface area contributed by atoms with Gasteiger partial charge in [-0.25, -0.2) is 9.18 Å². The molecule has 2 aromatic carbocycles. The van der Waals surface area contributed by atoms with Gasteiger partial charge in [0.05, 0.1) is 25.5 Å². The number of halogens is 1. The predicted molar refractivity (Wildman–Crippen MR) is 99.7 cm³/mol. The normalized spacial score (nSPS) is 10.9. The number of hydrogen-bond acceptors (Lipinski definition) is 3. The lowest BCUT2D eigenvalue weighted by molar-refractivity contribution is 0.380. The monoisotopic (exact) mass is 364 g/mol. The maximum Gasteiger partial charge on any atom is 0.333 e. The average Bonchev–Trinajstić information content (AvgIpc) is 3.33. The van der Waals surface area contributed by atoms with Crippen molar-refractivity contribution in [1.29, 1.82) is 0 Å². The van der Waals surface area contributed by atoms with Crippen molar-refractivity contribution in [2.75, 3.05) is 7.11 Å². The van der Waals surface area contributed by atoms with E-state index in [9.17, 15) is 9.18 Å². The lowest BCUT2D eigenvalue weighted by Crippen LogP contribution is -2.23. The lowest BCUT2D eigenvalue weighted by atomic mass is 10.1. The molecule has 0 atom stereocenters. The number of hydrogen-bond donors (Lipinski definition) is 1. The zero-order valence-corrected chi connectivity index (χ0v) is 14.6. The number of imidazole rings is 1. The Morgan fingerprint density at radius 3 is 2.63 bits per heavy atom. The van der Waals surface area contributed by atoms with Gasteiger partial charge in [-0.05, 0) is 23.8 Å². The Morgan fingerprint density at radius 2 is 1.93 bits per heavy atom. The fourth-order valence-corrected chi connectivity index (χ4v) is 3.04. The second-order valence-corrected chi connectivity index (χ2v) is 6.04. The van der Waals surface area contributed by atoms with Gasteiger partial charge < -0.3 is 4.74 Å². The minimum atomic E-state index is -0.447. The molecule has 1 N–H and O–H groups in total. The minimum absolute atomic E-state index is 0.154. The highest BCUT2D eigenvalue weighted by molar-refractivity contribution is 5.62. The second kappa shape index (κ2) is 6.95. The Kier molecular flexibility index (Phi) is 4.33. The molecule has 0 amide bonds. The molecule has 0 aliphatic rings. The molecule has 136 valence electrons. The summed E-state index contributed by atoms with van der Waals surface area (Å²) >= 11 is 0. The fourth-order valence-electron chi connectivity index (χ4n) is 3.04. The van der Waals surface area contributed by atoms with Crippen LogP contribution in [0.5, 0.6) is 5.75 Å². The van der Waals surface area contributed by atoms with Gasteiger partial charge in [-0.2, -0.15) is 5.10 Å². The highest BCUT2D eigenvalue weighted by atomic mass is 19.1. The first-order valence-electron chi connectivity index (χ1n) is 8.36. The van der Waals surface area contributed by atoms with Gasteiger partial charge in [0.15, 0.2) is 11.6 Å². The average molecular weight is 364 g/mol. The van der Waals surface area contributed by atoms with Crippen molar-refractivity contribution in [2.45, 2.75) is 6.54 Å². The van der Waals surface area contributed by atoms with E-state index in [1.165, 1.54) is 17.7 Å². The maximum absolute atomic E-state index is 13.9. The number of aromatic amines is 1. The van der Waals surface area contributed by atoms with Crippen molar-refractivity contribution in [3.8, 4) is 22.6 Å². The van der Waals surface area contributed by atoms with E-state index in [-0.39, 0.29) is 18.0 Å². The summed E-state index contributed by atoms with van der Waals surface area (Å²) in [6, 6.07) is 12.3. The fraction of sp³-hybridized carbons (Fsp3) is 0.100. The van der Waals surface area contributed by atoms with E-state index in [1.54, 1.807) is 35.3 Å². The van der Waals surface area contributed by atoms with Crippen LogP contribution in [0.4, 0.5) is 4.39 Å². The number of aromatic nitrogens is 4. The lowest BCUT2D eigenvalue weighted by Gasteiger charge is -2.09. The van der Waals surface area contributed by atoms with E-state index in [0.717, 1.165) is 16.8 Å². The second-order valence-electron chi connectivity index (χ2n) is 6.04. The van der Waals surface area contributed by atoms with Crippen molar-refractivity contribution in [3.63, 3.8) is 0 Å². The Labute approximate surface area is 154 Å². The molecule has 2 heterocycles. The third-order valence-electron chi connectivity index (χ3n) is 4.42. The number of para-hydroxylation sites is 1. The third kappa shape index (κ3) is 3.15. The van der Waals surface area contributed by atoms with Crippen LogP contribution < -0.4 is 10.4 Å². The summed E-state index contributed by atoms with van der Waals surface area (Å²) in [5, 5.41) is 6.71. The molecule has 0 spiro atoms. The van der Waals surface area contributed by atoms with Gasteiger partial charge in [0.2, 0.25) is 0 Å². The summed E-state index contributed by atoms with van der Waals surface area (Å²) < 4.78 is 22.0. The summed E-state index contributed by atoms with van der Waals surface area (Å²) in [6.07, 6.45) is 6.92. The van der Waals surface area contributed by atoms with Crippen molar-refractivity contribution in [3.05, 3.63) is 89.1 Å². The Hall–Kier alpha value is -3.61. The predicted octanol–water partition coefficient (Wildman–Crippen LogP) is 3.23. The Balaban J connectivity index is 1.63. The first-order chi connectivity index (χ1) is 13.2. The molecule has 0 saturated heterocycles. The molecule has 4 aromatic rings. The number of nitrogens with one attached hydrogen (secondary N) is 1. The summed E-state index contributed by atoms with van der Waals surface area (Å²) in [5.74, 6) is -0.293. The highest BCUT2D eigenvalue weighted by Gasteiger charge is 2.12. The van der Waals surface area contributed by atoms with Gasteiger partial charge in [-0.3, -0.25) is 14.2 Å². The number of rotatable bonds is 5. The third-order valence-corrected chi connectivity index (χ3v) is 4.42. The molecule has 0 aliphatic carbocycles. The SMILES string of the molecule is COc1c(F)cccc1Cn1ccn(-c2ccc(-c3cn[nH]c3)cc2)c1=O. The summed E-state index contributed by atoms with van der Waals surface area (Å²) in [6.45, 7) is 0.222. The van der Waals surface area contributed by atoms with Crippen LogP contribution in [0.25, 0.3) is 16.8 Å². The quantitative estimate of drug-likeness (QED) is 0.591. The number of benzene rings is 2. The molecular weight excluding hydrogens is 347 g/mol. The van der Waals surface area contributed by atoms with Gasteiger partial charge in [0.25, 0.3) is 0 Å². The summed E-state index contributed by atoms with van der Waals surface area (Å²) in [5.41, 5.74) is 3.12. The Bertz CT molecular complexity index is 1110. The summed E-state index contributed by atoms with van der Waals surface area (Å²) in [7, 11) is 1.41. The van der Waals surface area contributed by atoms with Crippen molar-refractivity contribution in [2.24, 2.45) is 0 Å². The molecule has 4 rings (SSSR count). The molecule has 6 nitrogen and oxygen atoms in total. The topological polar surface area (TPSA) is 64.8 Å². The van der Waals surface area contributed by atoms with Crippen molar-refractivity contribution >= 4 is 0 Å². The van der Waals surface area contributed by atoms with E-state index in [0.29, 0.717) is 5.56 Å². The molecule has 27 heavy (non-hydrogen) atoms. The molecular formula is C20H17FN4O2. The Morgan fingerprint density at radius 1 is 1.11 bits per heavy atom. The maximum atomic E-state index is 13.9. The zero-order chi connectivity index (χ0) is 18.8. The molecule has 0 bridgehead atoms. The molecule has 2 aromatic heterocycles. The van der Waals surface area contributed by atoms with Crippen LogP contribution in [-0.4, -0.2) is 26.4 Å². The van der Waals surface area contributed by atoms with Crippen LogP contribution in [0, 0.1) is 5.82 Å². The van der Waals surface area contributed by atoms with Gasteiger partial charge in [0.1, 0.15) is 0 Å². The van der Waals surface area contributed by atoms with Crippen molar-refractivity contribution < 1.29 is 9.13 Å². The van der Waals surface area contributed by atoms with E-state index >= 15 is 0 Å². The molecule has 7 heteroatoms. The highest BCUT2D eigenvalue weighted by Crippen LogP contribution is 2.23. The molecule has 0 fully saturated rings.